The summed E-state index contributed by atoms with van der Waals surface area (Å²) in [4.78, 5) is 16.6. The lowest BCUT2D eigenvalue weighted by Gasteiger charge is -2.25. The van der Waals surface area contributed by atoms with Gasteiger partial charge in [-0.2, -0.15) is 0 Å². The van der Waals surface area contributed by atoms with Gasteiger partial charge in [0.1, 0.15) is 6.61 Å². The number of fused-ring (bicyclic) bond motifs is 1. The van der Waals surface area contributed by atoms with Gasteiger partial charge in [0, 0.05) is 25.7 Å². The molecule has 0 unspecified atom stereocenters. The van der Waals surface area contributed by atoms with Gasteiger partial charge in [-0.25, -0.2) is 0 Å². The summed E-state index contributed by atoms with van der Waals surface area (Å²) >= 11 is 0. The maximum Gasteiger partial charge on any atom is 0.248 e. The van der Waals surface area contributed by atoms with Crippen LogP contribution in [0.1, 0.15) is 33.1 Å². The van der Waals surface area contributed by atoms with E-state index in [1.165, 1.54) is 19.4 Å². The Hall–Kier alpha value is -0.610. The Morgan fingerprint density at radius 2 is 2.06 bits per heavy atom. The van der Waals surface area contributed by atoms with Gasteiger partial charge in [0.15, 0.2) is 0 Å². The summed E-state index contributed by atoms with van der Waals surface area (Å²) in [5.74, 6) is 0.160. The average Bonchev–Trinajstić information content (AvgIpc) is 2.63. The molecule has 1 atom stereocenters. The Balaban J connectivity index is 1.85. The van der Waals surface area contributed by atoms with Crippen LogP contribution in [-0.2, 0) is 9.53 Å². The molecule has 1 amide bonds. The highest BCUT2D eigenvalue weighted by Gasteiger charge is 2.30. The molecule has 17 heavy (non-hydrogen) atoms. The van der Waals surface area contributed by atoms with E-state index in [1.807, 2.05) is 18.7 Å². The average molecular weight is 240 g/mol. The van der Waals surface area contributed by atoms with Crippen LogP contribution in [0.4, 0.5) is 0 Å². The van der Waals surface area contributed by atoms with Gasteiger partial charge in [0.25, 0.3) is 0 Å². The van der Waals surface area contributed by atoms with E-state index in [0.717, 1.165) is 26.1 Å². The number of carbonyl (C=O) groups is 1. The molecule has 4 nitrogen and oxygen atoms in total. The van der Waals surface area contributed by atoms with Crippen molar-refractivity contribution >= 4 is 5.91 Å². The molecule has 4 heteroatoms. The molecule has 0 bridgehead atoms. The first-order valence-electron chi connectivity index (χ1n) is 6.80. The van der Waals surface area contributed by atoms with Crippen LogP contribution >= 0.6 is 0 Å². The Morgan fingerprint density at radius 1 is 1.29 bits per heavy atom. The molecule has 2 saturated heterocycles. The number of hydrogen-bond donors (Lipinski definition) is 0. The molecule has 0 N–H and O–H groups in total. The standard InChI is InChI=1S/C13H24N2O2/c1-11(2)17-10-13(16)15-8-4-7-14-6-3-5-12(14)9-15/h11-12H,3-10H2,1-2H3/t12-/m0/s1. The van der Waals surface area contributed by atoms with Gasteiger partial charge in [-0.1, -0.05) is 0 Å². The summed E-state index contributed by atoms with van der Waals surface area (Å²) in [6.45, 7) is 8.34. The SMILES string of the molecule is CC(C)OCC(=O)N1CCCN2CCC[C@H]2C1. The van der Waals surface area contributed by atoms with Gasteiger partial charge in [-0.15, -0.1) is 0 Å². The number of nitrogens with zero attached hydrogens (tertiary/aromatic N) is 2. The number of ether oxygens (including phenoxy) is 1. The van der Waals surface area contributed by atoms with Crippen molar-refractivity contribution in [2.45, 2.75) is 45.3 Å². The summed E-state index contributed by atoms with van der Waals surface area (Å²) < 4.78 is 5.40. The summed E-state index contributed by atoms with van der Waals surface area (Å²) in [6.07, 6.45) is 3.77. The normalized spacial score (nSPS) is 26.1. The third-order valence-corrected chi connectivity index (χ3v) is 3.70. The van der Waals surface area contributed by atoms with Gasteiger partial charge in [0.2, 0.25) is 5.91 Å². The van der Waals surface area contributed by atoms with E-state index in [9.17, 15) is 4.79 Å². The lowest BCUT2D eigenvalue weighted by molar-refractivity contribution is -0.137. The molecule has 2 heterocycles. The van der Waals surface area contributed by atoms with Crippen LogP contribution < -0.4 is 0 Å². The molecule has 0 radical (unpaired) electrons. The van der Waals surface area contributed by atoms with Crippen molar-refractivity contribution in [1.29, 1.82) is 0 Å². The lowest BCUT2D eigenvalue weighted by atomic mass is 10.2. The quantitative estimate of drug-likeness (QED) is 0.741. The second kappa shape index (κ2) is 5.83. The first-order chi connectivity index (χ1) is 8.16. The van der Waals surface area contributed by atoms with E-state index in [1.54, 1.807) is 0 Å². The zero-order valence-electron chi connectivity index (χ0n) is 11.0. The molecule has 0 spiro atoms. The van der Waals surface area contributed by atoms with Gasteiger partial charge < -0.3 is 9.64 Å². The first-order valence-corrected chi connectivity index (χ1v) is 6.80. The minimum atomic E-state index is 0.133. The molecular formula is C13H24N2O2. The molecule has 0 aromatic heterocycles. The number of hydrogen-bond acceptors (Lipinski definition) is 3. The number of carbonyl (C=O) groups excluding carboxylic acids is 1. The topological polar surface area (TPSA) is 32.8 Å². The molecule has 0 saturated carbocycles. The van der Waals surface area contributed by atoms with Crippen molar-refractivity contribution in [3.05, 3.63) is 0 Å². The second-order valence-corrected chi connectivity index (χ2v) is 5.39. The molecule has 2 aliphatic heterocycles. The Labute approximate surface area is 104 Å². The zero-order valence-corrected chi connectivity index (χ0v) is 11.0. The fourth-order valence-corrected chi connectivity index (χ4v) is 2.76. The molecule has 0 aliphatic carbocycles. The highest BCUT2D eigenvalue weighted by atomic mass is 16.5. The third-order valence-electron chi connectivity index (χ3n) is 3.70. The second-order valence-electron chi connectivity index (χ2n) is 5.39. The van der Waals surface area contributed by atoms with E-state index in [2.05, 4.69) is 4.90 Å². The lowest BCUT2D eigenvalue weighted by Crippen LogP contribution is -2.41. The minimum Gasteiger partial charge on any atom is -0.369 e. The van der Waals surface area contributed by atoms with Gasteiger partial charge in [0.05, 0.1) is 6.10 Å². The molecule has 0 aromatic rings. The van der Waals surface area contributed by atoms with Gasteiger partial charge >= 0.3 is 0 Å². The van der Waals surface area contributed by atoms with E-state index in [-0.39, 0.29) is 18.6 Å². The van der Waals surface area contributed by atoms with Crippen LogP contribution in [0.15, 0.2) is 0 Å². The first kappa shape index (κ1) is 12.8. The van der Waals surface area contributed by atoms with Crippen molar-refractivity contribution in [3.8, 4) is 0 Å². The smallest absolute Gasteiger partial charge is 0.248 e. The van der Waals surface area contributed by atoms with Crippen molar-refractivity contribution < 1.29 is 9.53 Å². The Kier molecular flexibility index (Phi) is 4.40. The summed E-state index contributed by atoms with van der Waals surface area (Å²) in [5.41, 5.74) is 0. The maximum atomic E-state index is 12.0. The highest BCUT2D eigenvalue weighted by molar-refractivity contribution is 5.77. The largest absolute Gasteiger partial charge is 0.369 e. The van der Waals surface area contributed by atoms with Crippen LogP contribution in [0.2, 0.25) is 0 Å². The van der Waals surface area contributed by atoms with Crippen molar-refractivity contribution in [1.82, 2.24) is 9.80 Å². The van der Waals surface area contributed by atoms with Crippen LogP contribution in [0.3, 0.4) is 0 Å². The van der Waals surface area contributed by atoms with E-state index < -0.39 is 0 Å². The minimum absolute atomic E-state index is 0.133. The predicted molar refractivity (Wildman–Crippen MR) is 66.9 cm³/mol. The van der Waals surface area contributed by atoms with Crippen molar-refractivity contribution in [2.75, 3.05) is 32.8 Å². The number of rotatable bonds is 3. The van der Waals surface area contributed by atoms with E-state index in [4.69, 9.17) is 4.74 Å². The van der Waals surface area contributed by atoms with Crippen LogP contribution in [0.5, 0.6) is 0 Å². The zero-order chi connectivity index (χ0) is 12.3. The Bertz CT molecular complexity index is 268. The third kappa shape index (κ3) is 3.42. The van der Waals surface area contributed by atoms with Crippen molar-refractivity contribution in [2.24, 2.45) is 0 Å². The molecule has 2 rings (SSSR count). The maximum absolute atomic E-state index is 12.0. The predicted octanol–water partition coefficient (Wildman–Crippen LogP) is 1.11. The van der Waals surface area contributed by atoms with Crippen LogP contribution in [0.25, 0.3) is 0 Å². The molecule has 2 aliphatic rings. The molecule has 98 valence electrons. The van der Waals surface area contributed by atoms with Gasteiger partial charge in [-0.3, -0.25) is 9.69 Å². The van der Waals surface area contributed by atoms with Gasteiger partial charge in [-0.05, 0) is 39.7 Å². The number of amides is 1. The monoisotopic (exact) mass is 240 g/mol. The fraction of sp³-hybridized carbons (Fsp3) is 0.923. The van der Waals surface area contributed by atoms with E-state index in [0.29, 0.717) is 6.04 Å². The fourth-order valence-electron chi connectivity index (χ4n) is 2.76. The van der Waals surface area contributed by atoms with Crippen LogP contribution in [-0.4, -0.2) is 60.6 Å². The Morgan fingerprint density at radius 3 is 2.82 bits per heavy atom. The molecule has 2 fully saturated rings. The van der Waals surface area contributed by atoms with Crippen LogP contribution in [0, 0.1) is 0 Å². The van der Waals surface area contributed by atoms with E-state index >= 15 is 0 Å². The highest BCUT2D eigenvalue weighted by Crippen LogP contribution is 2.21. The van der Waals surface area contributed by atoms with Crippen molar-refractivity contribution in [3.63, 3.8) is 0 Å². The summed E-state index contributed by atoms with van der Waals surface area (Å²) in [6, 6.07) is 0.598. The summed E-state index contributed by atoms with van der Waals surface area (Å²) in [7, 11) is 0. The molecular weight excluding hydrogens is 216 g/mol. The summed E-state index contributed by atoms with van der Waals surface area (Å²) in [5, 5.41) is 0. The molecule has 0 aromatic carbocycles.